The largest absolute Gasteiger partial charge is 0.434 e. The second kappa shape index (κ2) is 9.02. The van der Waals surface area contributed by atoms with Crippen LogP contribution in [0.2, 0.25) is 0 Å². The topological polar surface area (TPSA) is 49.3 Å². The molecule has 2 N–H and O–H groups in total. The number of benzene rings is 1. The van der Waals surface area contributed by atoms with E-state index in [0.717, 1.165) is 29.7 Å². The minimum absolute atomic E-state index is 0.415. The number of thiazole rings is 1. The summed E-state index contributed by atoms with van der Waals surface area (Å²) in [6, 6.07) is 6.38. The molecule has 0 saturated carbocycles. The summed E-state index contributed by atoms with van der Waals surface area (Å²) in [6.45, 7) is 5.35. The first-order valence-corrected chi connectivity index (χ1v) is 9.20. The first kappa shape index (κ1) is 20.2. The van der Waals surface area contributed by atoms with Crippen molar-refractivity contribution >= 4 is 17.3 Å². The molecule has 0 bridgehead atoms. The average molecular weight is 384 g/mol. The Balaban J connectivity index is 1.75. The van der Waals surface area contributed by atoms with Crippen molar-refractivity contribution < 1.29 is 13.2 Å². The monoisotopic (exact) mass is 384 g/mol. The fraction of sp³-hybridized carbons (Fsp3) is 0.444. The Kier molecular flexibility index (Phi) is 7.02. The predicted octanol–water partition coefficient (Wildman–Crippen LogP) is 3.73. The van der Waals surface area contributed by atoms with Gasteiger partial charge in [-0.05, 0) is 31.4 Å². The van der Waals surface area contributed by atoms with Crippen molar-refractivity contribution in [3.8, 4) is 0 Å². The van der Waals surface area contributed by atoms with Gasteiger partial charge in [0, 0.05) is 31.9 Å². The number of nitrogens with one attached hydrogen (secondary N) is 2. The number of hydrogen-bond acceptors (Lipinski definition) is 3. The second-order valence-electron chi connectivity index (χ2n) is 5.98. The third kappa shape index (κ3) is 6.01. The zero-order valence-electron chi connectivity index (χ0n) is 15.1. The smallest absolute Gasteiger partial charge is 0.356 e. The van der Waals surface area contributed by atoms with Gasteiger partial charge in [-0.3, -0.25) is 4.99 Å². The fourth-order valence-corrected chi connectivity index (χ4v) is 3.31. The molecule has 0 aliphatic heterocycles. The Morgan fingerprint density at radius 1 is 1.15 bits per heavy atom. The van der Waals surface area contributed by atoms with Gasteiger partial charge in [-0.25, -0.2) is 4.98 Å². The Labute approximate surface area is 155 Å². The van der Waals surface area contributed by atoms with Crippen molar-refractivity contribution in [1.82, 2.24) is 15.6 Å². The summed E-state index contributed by atoms with van der Waals surface area (Å²) in [5.41, 5.74) is 2.96. The van der Waals surface area contributed by atoms with Crippen molar-refractivity contribution in [3.63, 3.8) is 0 Å². The van der Waals surface area contributed by atoms with Crippen molar-refractivity contribution in [2.75, 3.05) is 20.1 Å². The average Bonchev–Trinajstić information content (AvgIpc) is 3.04. The minimum atomic E-state index is -4.38. The molecule has 8 heteroatoms. The molecule has 0 spiro atoms. The second-order valence-corrected chi connectivity index (χ2v) is 6.92. The van der Waals surface area contributed by atoms with Crippen LogP contribution in [0.5, 0.6) is 0 Å². The van der Waals surface area contributed by atoms with Crippen molar-refractivity contribution in [3.05, 3.63) is 51.0 Å². The summed E-state index contributed by atoms with van der Waals surface area (Å²) in [4.78, 5) is 7.74. The molecule has 0 radical (unpaired) electrons. The summed E-state index contributed by atoms with van der Waals surface area (Å²) in [7, 11) is 1.66. The Morgan fingerprint density at radius 3 is 2.42 bits per heavy atom. The number of halogens is 3. The number of aromatic nitrogens is 1. The Hall–Kier alpha value is -2.09. The van der Waals surface area contributed by atoms with E-state index >= 15 is 0 Å². The van der Waals surface area contributed by atoms with Crippen molar-refractivity contribution in [1.29, 1.82) is 0 Å². The van der Waals surface area contributed by atoms with Gasteiger partial charge in [0.05, 0.1) is 5.01 Å². The zero-order chi connectivity index (χ0) is 19.2. The summed E-state index contributed by atoms with van der Waals surface area (Å²) < 4.78 is 37.6. The van der Waals surface area contributed by atoms with Crippen LogP contribution in [-0.2, 0) is 19.0 Å². The number of guanidine groups is 1. The van der Waals surface area contributed by atoms with E-state index in [2.05, 4.69) is 52.7 Å². The quantitative estimate of drug-likeness (QED) is 0.589. The number of alkyl halides is 3. The van der Waals surface area contributed by atoms with E-state index < -0.39 is 11.9 Å². The molecule has 1 aromatic carbocycles. The summed E-state index contributed by atoms with van der Waals surface area (Å²) in [6.07, 6.45) is -3.10. The van der Waals surface area contributed by atoms with Crippen LogP contribution in [0.15, 0.2) is 28.6 Å². The number of aliphatic imine (C=N–C) groups is 1. The highest BCUT2D eigenvalue weighted by Crippen LogP contribution is 2.29. The maximum Gasteiger partial charge on any atom is 0.434 e. The van der Waals surface area contributed by atoms with Crippen LogP contribution in [0, 0.1) is 13.8 Å². The number of nitrogens with zero attached hydrogens (tertiary/aromatic N) is 2. The van der Waals surface area contributed by atoms with Gasteiger partial charge in [-0.2, -0.15) is 13.2 Å². The number of aryl methyl sites for hydroxylation is 2. The van der Waals surface area contributed by atoms with E-state index in [1.807, 2.05) is 0 Å². The van der Waals surface area contributed by atoms with Gasteiger partial charge in [0.2, 0.25) is 0 Å². The molecule has 0 atom stereocenters. The Bertz CT molecular complexity index is 753. The molecular formula is C18H23F3N4S. The maximum absolute atomic E-state index is 12.5. The van der Waals surface area contributed by atoms with Crippen LogP contribution in [0.4, 0.5) is 13.2 Å². The molecule has 0 unspecified atom stereocenters. The molecule has 2 aromatic rings. The highest BCUT2D eigenvalue weighted by atomic mass is 32.1. The van der Waals surface area contributed by atoms with Gasteiger partial charge in [0.1, 0.15) is 0 Å². The lowest BCUT2D eigenvalue weighted by Gasteiger charge is -2.12. The van der Waals surface area contributed by atoms with Gasteiger partial charge >= 0.3 is 6.18 Å². The summed E-state index contributed by atoms with van der Waals surface area (Å²) >= 11 is 1.02. The predicted molar refractivity (Wildman–Crippen MR) is 99.8 cm³/mol. The van der Waals surface area contributed by atoms with Crippen LogP contribution in [-0.4, -0.2) is 31.1 Å². The molecule has 0 aliphatic carbocycles. The van der Waals surface area contributed by atoms with Gasteiger partial charge in [0.15, 0.2) is 11.7 Å². The molecule has 4 nitrogen and oxygen atoms in total. The Morgan fingerprint density at radius 2 is 1.85 bits per heavy atom. The highest BCUT2D eigenvalue weighted by Gasteiger charge is 2.33. The number of hydrogen-bond donors (Lipinski definition) is 2. The van der Waals surface area contributed by atoms with E-state index in [1.54, 1.807) is 7.05 Å². The van der Waals surface area contributed by atoms with Crippen molar-refractivity contribution in [2.24, 2.45) is 4.99 Å². The van der Waals surface area contributed by atoms with E-state index in [-0.39, 0.29) is 0 Å². The lowest BCUT2D eigenvalue weighted by Crippen LogP contribution is -2.39. The molecule has 0 fully saturated rings. The normalized spacial score (nSPS) is 12.3. The highest BCUT2D eigenvalue weighted by molar-refractivity contribution is 7.09. The molecule has 1 heterocycles. The molecule has 0 amide bonds. The summed E-state index contributed by atoms with van der Waals surface area (Å²) in [5.74, 6) is 0.627. The molecular weight excluding hydrogens is 361 g/mol. The fourth-order valence-electron chi connectivity index (χ4n) is 2.51. The van der Waals surface area contributed by atoms with E-state index in [4.69, 9.17) is 0 Å². The van der Waals surface area contributed by atoms with E-state index in [0.29, 0.717) is 23.9 Å². The van der Waals surface area contributed by atoms with Crippen LogP contribution in [0.25, 0.3) is 0 Å². The molecule has 0 saturated heterocycles. The third-order valence-electron chi connectivity index (χ3n) is 3.88. The number of rotatable bonds is 6. The van der Waals surface area contributed by atoms with Gasteiger partial charge in [-0.15, -0.1) is 11.3 Å². The van der Waals surface area contributed by atoms with Crippen molar-refractivity contribution in [2.45, 2.75) is 32.9 Å². The third-order valence-corrected chi connectivity index (χ3v) is 4.79. The molecule has 0 aliphatic rings. The van der Waals surface area contributed by atoms with Crippen LogP contribution in [0.1, 0.15) is 27.4 Å². The maximum atomic E-state index is 12.5. The zero-order valence-corrected chi connectivity index (χ0v) is 15.9. The van der Waals surface area contributed by atoms with Gasteiger partial charge in [0.25, 0.3) is 0 Å². The molecule has 2 rings (SSSR count). The van der Waals surface area contributed by atoms with E-state index in [1.165, 1.54) is 16.7 Å². The summed E-state index contributed by atoms with van der Waals surface area (Å²) in [5, 5.41) is 7.82. The van der Waals surface area contributed by atoms with Crippen LogP contribution in [0.3, 0.4) is 0 Å². The standard InChI is InChI=1S/C18H23F3N4S/c1-12-4-5-14(13(2)10-12)6-8-23-17(22-3)24-9-7-16-25-15(11-26-16)18(19,20)21/h4-5,10-11H,6-9H2,1-3H3,(H2,22,23,24). The molecule has 142 valence electrons. The first-order valence-electron chi connectivity index (χ1n) is 8.32. The van der Waals surface area contributed by atoms with Crippen LogP contribution < -0.4 is 10.6 Å². The molecule has 26 heavy (non-hydrogen) atoms. The van der Waals surface area contributed by atoms with Crippen LogP contribution >= 0.6 is 11.3 Å². The lowest BCUT2D eigenvalue weighted by molar-refractivity contribution is -0.140. The minimum Gasteiger partial charge on any atom is -0.356 e. The van der Waals surface area contributed by atoms with Gasteiger partial charge in [-0.1, -0.05) is 23.8 Å². The first-order chi connectivity index (χ1) is 12.3. The lowest BCUT2D eigenvalue weighted by atomic mass is 10.0. The molecule has 1 aromatic heterocycles. The SMILES string of the molecule is CN=C(NCCc1nc(C(F)(F)F)cs1)NCCc1ccc(C)cc1C. The van der Waals surface area contributed by atoms with Gasteiger partial charge < -0.3 is 10.6 Å². The van der Waals surface area contributed by atoms with E-state index in [9.17, 15) is 13.2 Å².